The zero-order valence-electron chi connectivity index (χ0n) is 11.9. The maximum Gasteiger partial charge on any atom is 0.223 e. The number of carbonyl (C=O) groups excluding carboxylic acids is 1. The highest BCUT2D eigenvalue weighted by Crippen LogP contribution is 2.41. The molecule has 1 amide bonds. The quantitative estimate of drug-likeness (QED) is 0.860. The Balaban J connectivity index is 2.57. The number of methoxy groups -OCH3 is 1. The average Bonchev–Trinajstić information content (AvgIpc) is 2.96. The summed E-state index contributed by atoms with van der Waals surface area (Å²) in [4.78, 5) is 11.7. The van der Waals surface area contributed by atoms with Gasteiger partial charge in [0.2, 0.25) is 5.91 Å². The summed E-state index contributed by atoms with van der Waals surface area (Å²) >= 11 is 0. The van der Waals surface area contributed by atoms with E-state index in [-0.39, 0.29) is 11.9 Å². The Morgan fingerprint density at radius 3 is 2.75 bits per heavy atom. The Labute approximate surface area is 118 Å². The molecule has 20 heavy (non-hydrogen) atoms. The molecule has 1 saturated heterocycles. The molecule has 1 aromatic rings. The lowest BCUT2D eigenvalue weighted by Gasteiger charge is -2.42. The van der Waals surface area contributed by atoms with Crippen LogP contribution < -0.4 is 11.1 Å². The van der Waals surface area contributed by atoms with Gasteiger partial charge in [0.1, 0.15) is 11.4 Å². The lowest BCUT2D eigenvalue weighted by molar-refractivity contribution is -0.139. The van der Waals surface area contributed by atoms with Crippen molar-refractivity contribution in [3.05, 3.63) is 35.6 Å². The van der Waals surface area contributed by atoms with Crippen LogP contribution in [-0.2, 0) is 15.1 Å². The van der Waals surface area contributed by atoms with Gasteiger partial charge in [0.05, 0.1) is 5.92 Å². The molecule has 0 unspecified atom stereocenters. The van der Waals surface area contributed by atoms with Crippen LogP contribution in [0.2, 0.25) is 0 Å². The lowest BCUT2D eigenvalue weighted by atomic mass is 9.75. The Kier molecular flexibility index (Phi) is 4.40. The van der Waals surface area contributed by atoms with Crippen LogP contribution in [0.15, 0.2) is 24.3 Å². The topological polar surface area (TPSA) is 64.3 Å². The third-order valence-corrected chi connectivity index (χ3v) is 4.28. The number of nitrogens with one attached hydrogen (secondary N) is 1. The van der Waals surface area contributed by atoms with E-state index in [0.717, 1.165) is 19.4 Å². The minimum Gasteiger partial charge on any atom is -0.371 e. The van der Waals surface area contributed by atoms with Gasteiger partial charge in [-0.15, -0.1) is 0 Å². The number of amides is 1. The number of halogens is 1. The van der Waals surface area contributed by atoms with Gasteiger partial charge in [-0.25, -0.2) is 4.39 Å². The first kappa shape index (κ1) is 14.9. The zero-order valence-corrected chi connectivity index (χ0v) is 11.9. The van der Waals surface area contributed by atoms with Crippen molar-refractivity contribution in [2.24, 2.45) is 11.7 Å². The highest BCUT2D eigenvalue weighted by Gasteiger charge is 2.50. The zero-order chi connectivity index (χ0) is 14.8. The highest BCUT2D eigenvalue weighted by atomic mass is 19.1. The summed E-state index contributed by atoms with van der Waals surface area (Å²) < 4.78 is 20.0. The van der Waals surface area contributed by atoms with Crippen molar-refractivity contribution < 1.29 is 13.9 Å². The van der Waals surface area contributed by atoms with Gasteiger partial charge in [0, 0.05) is 18.7 Å². The average molecular weight is 280 g/mol. The predicted octanol–water partition coefficient (Wildman–Crippen LogP) is 1.54. The number of hydrogen-bond acceptors (Lipinski definition) is 3. The summed E-state index contributed by atoms with van der Waals surface area (Å²) in [6.07, 6.45) is 1.79. The fourth-order valence-electron chi connectivity index (χ4n) is 3.19. The molecule has 0 radical (unpaired) electrons. The first-order valence-electron chi connectivity index (χ1n) is 6.87. The van der Waals surface area contributed by atoms with E-state index in [9.17, 15) is 9.18 Å². The van der Waals surface area contributed by atoms with Crippen LogP contribution in [-0.4, -0.2) is 25.6 Å². The van der Waals surface area contributed by atoms with Crippen LogP contribution in [0.4, 0.5) is 4.39 Å². The van der Waals surface area contributed by atoms with E-state index >= 15 is 0 Å². The molecule has 5 heteroatoms. The Morgan fingerprint density at radius 1 is 1.55 bits per heavy atom. The molecule has 3 atom stereocenters. The highest BCUT2D eigenvalue weighted by molar-refractivity contribution is 5.78. The molecule has 0 aromatic heterocycles. The van der Waals surface area contributed by atoms with Gasteiger partial charge < -0.3 is 15.8 Å². The van der Waals surface area contributed by atoms with Crippen molar-refractivity contribution in [3.8, 4) is 0 Å². The summed E-state index contributed by atoms with van der Waals surface area (Å²) in [5, 5.41) is 3.31. The molecule has 1 aliphatic heterocycles. The van der Waals surface area contributed by atoms with Crippen molar-refractivity contribution in [1.29, 1.82) is 0 Å². The van der Waals surface area contributed by atoms with Gasteiger partial charge in [0.25, 0.3) is 0 Å². The number of ether oxygens (including phenoxy) is 1. The van der Waals surface area contributed by atoms with Crippen LogP contribution in [0.5, 0.6) is 0 Å². The van der Waals surface area contributed by atoms with Crippen LogP contribution >= 0.6 is 0 Å². The van der Waals surface area contributed by atoms with E-state index in [1.807, 2.05) is 0 Å². The summed E-state index contributed by atoms with van der Waals surface area (Å²) in [5.41, 5.74) is 4.79. The lowest BCUT2D eigenvalue weighted by Crippen LogP contribution is -2.55. The molecule has 0 saturated carbocycles. The van der Waals surface area contributed by atoms with E-state index < -0.39 is 17.4 Å². The first-order chi connectivity index (χ1) is 9.54. The fourth-order valence-corrected chi connectivity index (χ4v) is 3.19. The third kappa shape index (κ3) is 2.31. The van der Waals surface area contributed by atoms with Crippen molar-refractivity contribution in [2.75, 3.05) is 13.7 Å². The summed E-state index contributed by atoms with van der Waals surface area (Å²) in [6, 6.07) is 6.28. The maximum absolute atomic E-state index is 14.3. The first-order valence-corrected chi connectivity index (χ1v) is 6.87. The van der Waals surface area contributed by atoms with Crippen molar-refractivity contribution in [3.63, 3.8) is 0 Å². The maximum atomic E-state index is 14.3. The van der Waals surface area contributed by atoms with Gasteiger partial charge >= 0.3 is 0 Å². The molecular weight excluding hydrogens is 259 g/mol. The largest absolute Gasteiger partial charge is 0.371 e. The molecule has 3 N–H and O–H groups in total. The minimum atomic E-state index is -1.08. The number of carbonyl (C=O) groups is 1. The van der Waals surface area contributed by atoms with E-state index in [1.54, 1.807) is 25.1 Å². The van der Waals surface area contributed by atoms with Crippen molar-refractivity contribution in [2.45, 2.75) is 31.4 Å². The van der Waals surface area contributed by atoms with E-state index in [4.69, 9.17) is 10.5 Å². The number of primary amides is 1. The van der Waals surface area contributed by atoms with E-state index in [2.05, 4.69) is 5.32 Å². The molecule has 4 nitrogen and oxygen atoms in total. The molecule has 0 spiro atoms. The fraction of sp³-hybridized carbons (Fsp3) is 0.533. The van der Waals surface area contributed by atoms with Gasteiger partial charge in [-0.3, -0.25) is 4.79 Å². The summed E-state index contributed by atoms with van der Waals surface area (Å²) in [6.45, 7) is 2.52. The summed E-state index contributed by atoms with van der Waals surface area (Å²) in [5.74, 6) is -1.51. The predicted molar refractivity (Wildman–Crippen MR) is 74.5 cm³/mol. The molecule has 0 aliphatic carbocycles. The van der Waals surface area contributed by atoms with Gasteiger partial charge in [0.15, 0.2) is 0 Å². The summed E-state index contributed by atoms with van der Waals surface area (Å²) in [7, 11) is 1.51. The Bertz CT molecular complexity index is 489. The normalized spacial score (nSPS) is 23.2. The van der Waals surface area contributed by atoms with Crippen molar-refractivity contribution >= 4 is 5.91 Å². The SMILES string of the molecule is CO[C@](c1ccccc1F)([C@@H]1CCCN1)[C@@H](C)C(N)=O. The molecule has 110 valence electrons. The second-order valence-electron chi connectivity index (χ2n) is 5.25. The minimum absolute atomic E-state index is 0.133. The molecule has 1 aromatic carbocycles. The molecule has 2 rings (SSSR count). The van der Waals surface area contributed by atoms with E-state index in [0.29, 0.717) is 5.56 Å². The van der Waals surface area contributed by atoms with Gasteiger partial charge in [-0.1, -0.05) is 25.1 Å². The number of rotatable bonds is 5. The van der Waals surface area contributed by atoms with Gasteiger partial charge in [-0.2, -0.15) is 0 Å². The number of benzene rings is 1. The molecule has 1 heterocycles. The Hall–Kier alpha value is -1.46. The van der Waals surface area contributed by atoms with Gasteiger partial charge in [-0.05, 0) is 25.5 Å². The molecule has 1 fully saturated rings. The number of hydrogen-bond donors (Lipinski definition) is 2. The van der Waals surface area contributed by atoms with Crippen LogP contribution in [0.3, 0.4) is 0 Å². The smallest absolute Gasteiger partial charge is 0.223 e. The standard InChI is InChI=1S/C15H21FN2O2/c1-10(14(17)19)15(20-2,13-8-5-9-18-13)11-6-3-4-7-12(11)16/h3-4,6-7,10,13,18H,5,8-9H2,1-2H3,(H2,17,19)/t10-,13-,15+/m0/s1. The molecule has 0 bridgehead atoms. The van der Waals surface area contributed by atoms with Crippen LogP contribution in [0.25, 0.3) is 0 Å². The van der Waals surface area contributed by atoms with Crippen LogP contribution in [0, 0.1) is 11.7 Å². The van der Waals surface area contributed by atoms with Crippen molar-refractivity contribution in [1.82, 2.24) is 5.32 Å². The third-order valence-electron chi connectivity index (χ3n) is 4.28. The van der Waals surface area contributed by atoms with Crippen LogP contribution in [0.1, 0.15) is 25.3 Å². The number of nitrogens with two attached hydrogens (primary N) is 1. The second kappa shape index (κ2) is 5.89. The Morgan fingerprint density at radius 2 is 2.25 bits per heavy atom. The second-order valence-corrected chi connectivity index (χ2v) is 5.25. The van der Waals surface area contributed by atoms with E-state index in [1.165, 1.54) is 13.2 Å². The monoisotopic (exact) mass is 280 g/mol. The molecular formula is C15H21FN2O2. The molecule has 1 aliphatic rings.